The van der Waals surface area contributed by atoms with Crippen molar-refractivity contribution < 1.29 is 17.6 Å². The van der Waals surface area contributed by atoms with Gasteiger partial charge in [-0.05, 0) is 12.1 Å². The molecule has 0 heterocycles. The Kier molecular flexibility index (Phi) is 2.65. The van der Waals surface area contributed by atoms with Crippen molar-refractivity contribution >= 4 is 21.6 Å². The van der Waals surface area contributed by atoms with E-state index in [1.54, 1.807) is 0 Å². The number of amides is 1. The van der Waals surface area contributed by atoms with Crippen LogP contribution in [0.4, 0.5) is 10.1 Å². The number of sulfonamides is 1. The number of nitrogens with two attached hydrogens (primary N) is 3. The number of anilines is 1. The van der Waals surface area contributed by atoms with Crippen molar-refractivity contribution in [2.45, 2.75) is 4.90 Å². The summed E-state index contributed by atoms with van der Waals surface area (Å²) in [6.07, 6.45) is 0. The summed E-state index contributed by atoms with van der Waals surface area (Å²) >= 11 is 0. The lowest BCUT2D eigenvalue weighted by molar-refractivity contribution is 0.100. The molecule has 1 aromatic carbocycles. The molecule has 0 radical (unpaired) electrons. The molecule has 1 rings (SSSR count). The van der Waals surface area contributed by atoms with Crippen LogP contribution < -0.4 is 16.6 Å². The van der Waals surface area contributed by atoms with Crippen molar-refractivity contribution in [1.82, 2.24) is 0 Å². The van der Waals surface area contributed by atoms with Crippen LogP contribution in [0.2, 0.25) is 0 Å². The van der Waals surface area contributed by atoms with Crippen molar-refractivity contribution in [3.05, 3.63) is 23.5 Å². The topological polar surface area (TPSA) is 129 Å². The lowest BCUT2D eigenvalue weighted by Crippen LogP contribution is -2.18. The summed E-state index contributed by atoms with van der Waals surface area (Å²) in [6.45, 7) is 0. The number of rotatable bonds is 2. The quantitative estimate of drug-likeness (QED) is 0.574. The first-order valence-corrected chi connectivity index (χ1v) is 5.19. The first kappa shape index (κ1) is 11.4. The van der Waals surface area contributed by atoms with Crippen molar-refractivity contribution in [3.8, 4) is 0 Å². The predicted molar refractivity (Wildman–Crippen MR) is 50.7 cm³/mol. The minimum absolute atomic E-state index is 0.243. The van der Waals surface area contributed by atoms with Gasteiger partial charge in [-0.3, -0.25) is 4.79 Å². The third-order valence-electron chi connectivity index (χ3n) is 1.68. The van der Waals surface area contributed by atoms with Crippen LogP contribution >= 0.6 is 0 Å². The second-order valence-electron chi connectivity index (χ2n) is 2.78. The molecule has 15 heavy (non-hydrogen) atoms. The monoisotopic (exact) mass is 233 g/mol. The van der Waals surface area contributed by atoms with Crippen molar-refractivity contribution in [1.29, 1.82) is 0 Å². The first-order chi connectivity index (χ1) is 6.73. The van der Waals surface area contributed by atoms with Crippen LogP contribution in [0.25, 0.3) is 0 Å². The third kappa shape index (κ3) is 2.22. The molecule has 8 heteroatoms. The second kappa shape index (κ2) is 3.48. The molecule has 0 aliphatic heterocycles. The molecule has 6 N–H and O–H groups in total. The normalized spacial score (nSPS) is 11.3. The fourth-order valence-electron chi connectivity index (χ4n) is 1.00. The van der Waals surface area contributed by atoms with E-state index in [9.17, 15) is 17.6 Å². The Labute approximate surface area is 84.9 Å². The highest BCUT2D eigenvalue weighted by molar-refractivity contribution is 7.89. The average molecular weight is 233 g/mol. The van der Waals surface area contributed by atoms with Gasteiger partial charge in [0.1, 0.15) is 10.7 Å². The van der Waals surface area contributed by atoms with Gasteiger partial charge in [-0.15, -0.1) is 0 Å². The molecule has 1 aromatic rings. The summed E-state index contributed by atoms with van der Waals surface area (Å²) in [6, 6.07) is 1.39. The largest absolute Gasteiger partial charge is 0.398 e. The van der Waals surface area contributed by atoms with E-state index in [1.807, 2.05) is 0 Å². The molecule has 0 saturated heterocycles. The molecule has 0 saturated carbocycles. The number of halogens is 1. The number of carbonyl (C=O) groups is 1. The Morgan fingerprint density at radius 3 is 2.27 bits per heavy atom. The number of hydrogen-bond donors (Lipinski definition) is 3. The fraction of sp³-hybridized carbons (Fsp3) is 0. The number of hydrogen-bond acceptors (Lipinski definition) is 4. The summed E-state index contributed by atoms with van der Waals surface area (Å²) in [4.78, 5) is 9.98. The molecule has 0 bridgehead atoms. The van der Waals surface area contributed by atoms with E-state index >= 15 is 0 Å². The van der Waals surface area contributed by atoms with E-state index in [0.717, 1.165) is 0 Å². The number of carbonyl (C=O) groups excluding carboxylic acids is 1. The van der Waals surface area contributed by atoms with Gasteiger partial charge in [-0.25, -0.2) is 17.9 Å². The Bertz CT molecular complexity index is 527. The number of nitrogen functional groups attached to an aromatic ring is 1. The van der Waals surface area contributed by atoms with Gasteiger partial charge in [0, 0.05) is 5.69 Å². The highest BCUT2D eigenvalue weighted by Gasteiger charge is 2.18. The van der Waals surface area contributed by atoms with Gasteiger partial charge in [-0.1, -0.05) is 0 Å². The van der Waals surface area contributed by atoms with Crippen LogP contribution in [0.15, 0.2) is 17.0 Å². The smallest absolute Gasteiger partial charge is 0.250 e. The molecule has 0 aliphatic rings. The zero-order chi connectivity index (χ0) is 11.8. The molecule has 0 spiro atoms. The molecule has 0 atom stereocenters. The zero-order valence-electron chi connectivity index (χ0n) is 7.40. The van der Waals surface area contributed by atoms with Crippen LogP contribution in [0.1, 0.15) is 10.4 Å². The van der Waals surface area contributed by atoms with E-state index < -0.39 is 26.6 Å². The van der Waals surface area contributed by atoms with Crippen LogP contribution in [0.3, 0.4) is 0 Å². The van der Waals surface area contributed by atoms with Gasteiger partial charge in [0.2, 0.25) is 10.0 Å². The lowest BCUT2D eigenvalue weighted by atomic mass is 10.1. The maximum atomic E-state index is 13.1. The first-order valence-electron chi connectivity index (χ1n) is 3.65. The van der Waals surface area contributed by atoms with Gasteiger partial charge < -0.3 is 11.5 Å². The molecule has 6 nitrogen and oxygen atoms in total. The second-order valence-corrected chi connectivity index (χ2v) is 4.31. The molecule has 0 aromatic heterocycles. The van der Waals surface area contributed by atoms with Crippen LogP contribution in [0, 0.1) is 5.82 Å². The van der Waals surface area contributed by atoms with E-state index in [1.165, 1.54) is 0 Å². The van der Waals surface area contributed by atoms with E-state index in [0.29, 0.717) is 12.1 Å². The summed E-state index contributed by atoms with van der Waals surface area (Å²) in [7, 11) is -4.24. The maximum Gasteiger partial charge on any atom is 0.250 e. The molecule has 82 valence electrons. The van der Waals surface area contributed by atoms with Crippen molar-refractivity contribution in [2.75, 3.05) is 5.73 Å². The van der Waals surface area contributed by atoms with E-state index in [-0.39, 0.29) is 11.3 Å². The molecular formula is C7H8FN3O3S. The standard InChI is InChI=1S/C7H8FN3O3S/c8-4-2-5(9)3(7(10)12)1-6(4)15(11,13)14/h1-2H,9H2,(H2,10,12)(H2,11,13,14). The van der Waals surface area contributed by atoms with Crippen molar-refractivity contribution in [3.63, 3.8) is 0 Å². The predicted octanol–water partition coefficient (Wildman–Crippen LogP) is -0.846. The lowest BCUT2D eigenvalue weighted by Gasteiger charge is -2.05. The Morgan fingerprint density at radius 2 is 1.87 bits per heavy atom. The summed E-state index contributed by atoms with van der Waals surface area (Å²) < 4.78 is 34.9. The Hall–Kier alpha value is -1.67. The van der Waals surface area contributed by atoms with Crippen LogP contribution in [-0.2, 0) is 10.0 Å². The molecule has 1 amide bonds. The average Bonchev–Trinajstić information content (AvgIpc) is 2.00. The minimum atomic E-state index is -4.24. The SMILES string of the molecule is NC(=O)c1cc(S(N)(=O)=O)c(F)cc1N. The summed E-state index contributed by atoms with van der Waals surface area (Å²) in [5.41, 5.74) is 9.62. The van der Waals surface area contributed by atoms with E-state index in [2.05, 4.69) is 0 Å². The van der Waals surface area contributed by atoms with Gasteiger partial charge in [-0.2, -0.15) is 0 Å². The van der Waals surface area contributed by atoms with E-state index in [4.69, 9.17) is 16.6 Å². The minimum Gasteiger partial charge on any atom is -0.398 e. The molecule has 0 unspecified atom stereocenters. The number of primary amides is 1. The molecule has 0 aliphatic carbocycles. The van der Waals surface area contributed by atoms with Crippen LogP contribution in [0.5, 0.6) is 0 Å². The van der Waals surface area contributed by atoms with Crippen molar-refractivity contribution in [2.24, 2.45) is 10.9 Å². The Morgan fingerprint density at radius 1 is 1.33 bits per heavy atom. The molecular weight excluding hydrogens is 225 g/mol. The molecule has 0 fully saturated rings. The van der Waals surface area contributed by atoms with Gasteiger partial charge in [0.15, 0.2) is 0 Å². The van der Waals surface area contributed by atoms with Gasteiger partial charge in [0.05, 0.1) is 5.56 Å². The fourth-order valence-corrected chi connectivity index (χ4v) is 1.61. The van der Waals surface area contributed by atoms with Crippen LogP contribution in [-0.4, -0.2) is 14.3 Å². The maximum absolute atomic E-state index is 13.1. The summed E-state index contributed by atoms with van der Waals surface area (Å²) in [5, 5.41) is 4.72. The number of benzene rings is 1. The van der Waals surface area contributed by atoms with Gasteiger partial charge in [0.25, 0.3) is 5.91 Å². The Balaban J connectivity index is 3.58. The zero-order valence-corrected chi connectivity index (χ0v) is 8.21. The highest BCUT2D eigenvalue weighted by Crippen LogP contribution is 2.20. The summed E-state index contributed by atoms with van der Waals surface area (Å²) in [5.74, 6) is -2.09. The highest BCUT2D eigenvalue weighted by atomic mass is 32.2. The number of primary sulfonamides is 1. The third-order valence-corrected chi connectivity index (χ3v) is 2.60. The van der Waals surface area contributed by atoms with Gasteiger partial charge >= 0.3 is 0 Å².